The third-order valence-electron chi connectivity index (χ3n) is 5.00. The Morgan fingerprint density at radius 3 is 2.63 bits per heavy atom. The number of pyridine rings is 1. The molecule has 3 heterocycles. The summed E-state index contributed by atoms with van der Waals surface area (Å²) in [6, 6.07) is 21.6. The monoisotopic (exact) mass is 393 g/mol. The summed E-state index contributed by atoms with van der Waals surface area (Å²) in [5.41, 5.74) is 5.35. The van der Waals surface area contributed by atoms with Gasteiger partial charge in [-0.2, -0.15) is 0 Å². The van der Waals surface area contributed by atoms with Crippen LogP contribution < -0.4 is 5.32 Å². The molecular weight excluding hydrogens is 374 g/mol. The lowest BCUT2D eigenvalue weighted by Crippen LogP contribution is -2.22. The number of imidazole rings is 1. The maximum absolute atomic E-state index is 12.5. The van der Waals surface area contributed by atoms with Crippen molar-refractivity contribution in [2.75, 3.05) is 0 Å². The average molecular weight is 393 g/mol. The Morgan fingerprint density at radius 1 is 0.933 bits per heavy atom. The first kappa shape index (κ1) is 17.9. The van der Waals surface area contributed by atoms with Crippen molar-refractivity contribution in [3.05, 3.63) is 109 Å². The minimum absolute atomic E-state index is 0.134. The topological polar surface area (TPSA) is 64.7 Å². The summed E-state index contributed by atoms with van der Waals surface area (Å²) in [4.78, 5) is 21.1. The molecule has 0 atom stereocenters. The molecule has 1 N–H and O–H groups in total. The van der Waals surface area contributed by atoms with Gasteiger partial charge in [-0.05, 0) is 60.2 Å². The van der Waals surface area contributed by atoms with Crippen molar-refractivity contribution in [1.29, 1.82) is 0 Å². The molecule has 0 radical (unpaired) electrons. The first-order valence-corrected chi connectivity index (χ1v) is 9.66. The van der Waals surface area contributed by atoms with E-state index in [0.29, 0.717) is 12.1 Å². The van der Waals surface area contributed by atoms with Crippen molar-refractivity contribution in [2.45, 2.75) is 6.54 Å². The Kier molecular flexibility index (Phi) is 4.57. The van der Waals surface area contributed by atoms with Gasteiger partial charge in [0.2, 0.25) is 0 Å². The minimum atomic E-state index is -0.134. The normalized spacial score (nSPS) is 10.9. The average Bonchev–Trinajstić information content (AvgIpc) is 3.48. The Hall–Kier alpha value is -4.19. The van der Waals surface area contributed by atoms with E-state index < -0.39 is 0 Å². The highest BCUT2D eigenvalue weighted by atomic mass is 16.1. The summed E-state index contributed by atoms with van der Waals surface area (Å²) in [7, 11) is 0. The second-order valence-corrected chi connectivity index (χ2v) is 6.97. The van der Waals surface area contributed by atoms with E-state index >= 15 is 0 Å². The number of hydrogen-bond donors (Lipinski definition) is 1. The van der Waals surface area contributed by atoms with Crippen LogP contribution in [0.3, 0.4) is 0 Å². The van der Waals surface area contributed by atoms with Crippen LogP contribution in [0.2, 0.25) is 0 Å². The van der Waals surface area contributed by atoms with Gasteiger partial charge in [-0.15, -0.1) is 0 Å². The highest BCUT2D eigenvalue weighted by molar-refractivity contribution is 5.97. The van der Waals surface area contributed by atoms with Crippen molar-refractivity contribution in [2.24, 2.45) is 0 Å². The molecule has 0 saturated heterocycles. The molecule has 5 aromatic rings. The summed E-state index contributed by atoms with van der Waals surface area (Å²) in [5.74, 6) is -0.134. The second kappa shape index (κ2) is 7.67. The molecule has 2 aromatic carbocycles. The van der Waals surface area contributed by atoms with Gasteiger partial charge in [-0.25, -0.2) is 4.98 Å². The van der Waals surface area contributed by atoms with Crippen molar-refractivity contribution in [1.82, 2.24) is 24.4 Å². The molecule has 6 heteroatoms. The predicted molar refractivity (Wildman–Crippen MR) is 116 cm³/mol. The molecule has 0 aliphatic carbocycles. The molecule has 0 aliphatic heterocycles. The fourth-order valence-corrected chi connectivity index (χ4v) is 3.46. The molecule has 1 amide bonds. The summed E-state index contributed by atoms with van der Waals surface area (Å²) in [5, 5.41) is 2.93. The third kappa shape index (κ3) is 3.46. The van der Waals surface area contributed by atoms with Gasteiger partial charge in [-0.1, -0.05) is 12.1 Å². The van der Waals surface area contributed by atoms with Crippen molar-refractivity contribution in [3.63, 3.8) is 0 Å². The second-order valence-electron chi connectivity index (χ2n) is 6.97. The van der Waals surface area contributed by atoms with Gasteiger partial charge >= 0.3 is 0 Å². The highest BCUT2D eigenvalue weighted by Gasteiger charge is 2.11. The molecule has 5 rings (SSSR count). The fourth-order valence-electron chi connectivity index (χ4n) is 3.46. The third-order valence-corrected chi connectivity index (χ3v) is 5.00. The van der Waals surface area contributed by atoms with E-state index in [1.54, 1.807) is 18.7 Å². The molecule has 0 bridgehead atoms. The molecule has 0 unspecified atom stereocenters. The number of fused-ring (bicyclic) bond motifs is 1. The van der Waals surface area contributed by atoms with Gasteiger partial charge in [-0.3, -0.25) is 14.3 Å². The molecule has 30 heavy (non-hydrogen) atoms. The van der Waals surface area contributed by atoms with Crippen LogP contribution in [0.1, 0.15) is 15.9 Å². The smallest absolute Gasteiger partial charge is 0.251 e. The van der Waals surface area contributed by atoms with Gasteiger partial charge in [0, 0.05) is 48.3 Å². The van der Waals surface area contributed by atoms with Crippen molar-refractivity contribution >= 4 is 16.9 Å². The number of nitrogens with zero attached hydrogens (tertiary/aromatic N) is 4. The van der Waals surface area contributed by atoms with E-state index in [1.807, 2.05) is 71.6 Å². The predicted octanol–water partition coefficient (Wildman–Crippen LogP) is 4.14. The first-order chi connectivity index (χ1) is 14.8. The van der Waals surface area contributed by atoms with Gasteiger partial charge in [0.05, 0.1) is 11.0 Å². The maximum Gasteiger partial charge on any atom is 0.251 e. The summed E-state index contributed by atoms with van der Waals surface area (Å²) < 4.78 is 4.09. The highest BCUT2D eigenvalue weighted by Crippen LogP contribution is 2.21. The van der Waals surface area contributed by atoms with E-state index in [2.05, 4.69) is 32.0 Å². The quantitative estimate of drug-likeness (QED) is 0.488. The van der Waals surface area contributed by atoms with Crippen LogP contribution in [-0.4, -0.2) is 25.0 Å². The lowest BCUT2D eigenvalue weighted by Gasteiger charge is -2.09. The lowest BCUT2D eigenvalue weighted by atomic mass is 10.1. The number of benzene rings is 2. The molecule has 0 fully saturated rings. The molecular formula is C24H19N5O. The zero-order valence-corrected chi connectivity index (χ0v) is 16.1. The molecule has 6 nitrogen and oxygen atoms in total. The Bertz CT molecular complexity index is 1310. The van der Waals surface area contributed by atoms with Gasteiger partial charge in [0.25, 0.3) is 5.91 Å². The summed E-state index contributed by atoms with van der Waals surface area (Å²) in [6.07, 6.45) is 9.27. The van der Waals surface area contributed by atoms with E-state index in [1.165, 1.54) is 0 Å². The maximum atomic E-state index is 12.5. The summed E-state index contributed by atoms with van der Waals surface area (Å²) in [6.45, 7) is 0.436. The summed E-state index contributed by atoms with van der Waals surface area (Å²) >= 11 is 0. The molecule has 0 spiro atoms. The van der Waals surface area contributed by atoms with Crippen LogP contribution in [0.25, 0.3) is 22.4 Å². The van der Waals surface area contributed by atoms with Crippen LogP contribution >= 0.6 is 0 Å². The molecule has 0 saturated carbocycles. The zero-order valence-electron chi connectivity index (χ0n) is 16.1. The molecule has 146 valence electrons. The minimum Gasteiger partial charge on any atom is -0.348 e. The number of nitrogens with one attached hydrogen (secondary N) is 1. The number of rotatable bonds is 5. The first-order valence-electron chi connectivity index (χ1n) is 9.66. The van der Waals surface area contributed by atoms with Crippen LogP contribution in [-0.2, 0) is 6.54 Å². The lowest BCUT2D eigenvalue weighted by molar-refractivity contribution is 0.0951. The van der Waals surface area contributed by atoms with E-state index in [9.17, 15) is 4.79 Å². The van der Waals surface area contributed by atoms with Crippen LogP contribution in [0.4, 0.5) is 0 Å². The number of carbonyl (C=O) groups is 1. The van der Waals surface area contributed by atoms with Crippen molar-refractivity contribution in [3.8, 4) is 11.4 Å². The SMILES string of the molecule is O=C(NCc1cccnc1)c1ccc2c(c1)ncn2-c1cccc(-n2cccc2)c1. The van der Waals surface area contributed by atoms with Gasteiger partial charge in [0.1, 0.15) is 6.33 Å². The number of carbonyl (C=O) groups excluding carboxylic acids is 1. The van der Waals surface area contributed by atoms with Crippen LogP contribution in [0.5, 0.6) is 0 Å². The Balaban J connectivity index is 1.40. The number of amides is 1. The molecule has 0 aliphatic rings. The Morgan fingerprint density at radius 2 is 1.80 bits per heavy atom. The number of hydrogen-bond acceptors (Lipinski definition) is 3. The van der Waals surface area contributed by atoms with E-state index in [0.717, 1.165) is 28.0 Å². The number of aromatic nitrogens is 4. The van der Waals surface area contributed by atoms with Gasteiger partial charge in [0.15, 0.2) is 0 Å². The molecule has 3 aromatic heterocycles. The van der Waals surface area contributed by atoms with Crippen LogP contribution in [0.15, 0.2) is 97.8 Å². The Labute approximate surface area is 173 Å². The fraction of sp³-hybridized carbons (Fsp3) is 0.0417. The largest absolute Gasteiger partial charge is 0.348 e. The van der Waals surface area contributed by atoms with Crippen LogP contribution in [0, 0.1) is 0 Å². The van der Waals surface area contributed by atoms with E-state index in [4.69, 9.17) is 0 Å². The standard InChI is InChI=1S/C24H19N5O/c30-24(26-16-18-5-4-10-25-15-18)19-8-9-23-22(13-19)27-17-29(23)21-7-3-6-20(14-21)28-11-1-2-12-28/h1-15,17H,16H2,(H,26,30). The van der Waals surface area contributed by atoms with Crippen molar-refractivity contribution < 1.29 is 4.79 Å². The zero-order chi connectivity index (χ0) is 20.3. The van der Waals surface area contributed by atoms with E-state index in [-0.39, 0.29) is 5.91 Å². The van der Waals surface area contributed by atoms with Gasteiger partial charge < -0.3 is 9.88 Å².